The van der Waals surface area contributed by atoms with Crippen molar-refractivity contribution in [3.63, 3.8) is 0 Å². The molecule has 0 saturated carbocycles. The number of hydrogen-bond acceptors (Lipinski definition) is 6. The number of benzene rings is 1. The van der Waals surface area contributed by atoms with Crippen LogP contribution in [0.2, 0.25) is 0 Å². The third-order valence-electron chi connectivity index (χ3n) is 3.96. The molecule has 0 atom stereocenters. The van der Waals surface area contributed by atoms with Gasteiger partial charge in [0, 0.05) is 54.8 Å². The maximum Gasteiger partial charge on any atom is 0.270 e. The number of anilines is 1. The van der Waals surface area contributed by atoms with Crippen LogP contribution in [0.4, 0.5) is 11.5 Å². The molecule has 0 spiro atoms. The molecule has 2 heterocycles. The zero-order chi connectivity index (χ0) is 18.7. The first-order valence-corrected chi connectivity index (χ1v) is 8.32. The van der Waals surface area contributed by atoms with Gasteiger partial charge in [0.1, 0.15) is 5.82 Å². The predicted molar refractivity (Wildman–Crippen MR) is 98.8 cm³/mol. The van der Waals surface area contributed by atoms with E-state index < -0.39 is 4.92 Å². The fourth-order valence-electron chi connectivity index (χ4n) is 2.76. The highest BCUT2D eigenvalue weighted by Crippen LogP contribution is 2.23. The second kappa shape index (κ2) is 7.30. The van der Waals surface area contributed by atoms with Crippen molar-refractivity contribution >= 4 is 11.5 Å². The number of nitrogens with one attached hydrogen (secondary N) is 1. The van der Waals surface area contributed by atoms with Gasteiger partial charge in [-0.05, 0) is 13.3 Å². The van der Waals surface area contributed by atoms with Gasteiger partial charge < -0.3 is 5.32 Å². The lowest BCUT2D eigenvalue weighted by Crippen LogP contribution is -2.05. The van der Waals surface area contributed by atoms with E-state index in [1.807, 2.05) is 26.2 Å². The topological polar surface area (TPSA) is 98.8 Å². The summed E-state index contributed by atoms with van der Waals surface area (Å²) in [6, 6.07) is 8.18. The summed E-state index contributed by atoms with van der Waals surface area (Å²) in [7, 11) is 1.90. The molecular weight excluding hydrogens is 332 g/mol. The van der Waals surface area contributed by atoms with Gasteiger partial charge in [-0.2, -0.15) is 5.10 Å². The zero-order valence-corrected chi connectivity index (χ0v) is 14.9. The third-order valence-corrected chi connectivity index (χ3v) is 3.96. The Balaban J connectivity index is 1.86. The van der Waals surface area contributed by atoms with E-state index in [0.29, 0.717) is 23.8 Å². The van der Waals surface area contributed by atoms with Crippen LogP contribution < -0.4 is 5.32 Å². The van der Waals surface area contributed by atoms with Crippen LogP contribution in [0.25, 0.3) is 11.4 Å². The van der Waals surface area contributed by atoms with Crippen LogP contribution in [0.5, 0.6) is 0 Å². The molecule has 0 unspecified atom stereocenters. The van der Waals surface area contributed by atoms with Gasteiger partial charge in [-0.3, -0.25) is 14.8 Å². The van der Waals surface area contributed by atoms with Crippen LogP contribution in [0.1, 0.15) is 23.9 Å². The van der Waals surface area contributed by atoms with Gasteiger partial charge in [0.05, 0.1) is 10.6 Å². The van der Waals surface area contributed by atoms with Crippen LogP contribution >= 0.6 is 0 Å². The largest absolute Gasteiger partial charge is 0.366 e. The summed E-state index contributed by atoms with van der Waals surface area (Å²) in [5.74, 6) is 1.13. The van der Waals surface area contributed by atoms with Gasteiger partial charge in [-0.1, -0.05) is 19.1 Å². The van der Waals surface area contributed by atoms with Crippen molar-refractivity contribution in [2.24, 2.45) is 7.05 Å². The van der Waals surface area contributed by atoms with Gasteiger partial charge >= 0.3 is 0 Å². The minimum Gasteiger partial charge on any atom is -0.366 e. The average Bonchev–Trinajstić information content (AvgIpc) is 2.99. The highest BCUT2D eigenvalue weighted by molar-refractivity contribution is 5.61. The van der Waals surface area contributed by atoms with Crippen molar-refractivity contribution in [2.45, 2.75) is 26.8 Å². The van der Waals surface area contributed by atoms with Gasteiger partial charge in [0.15, 0.2) is 5.82 Å². The summed E-state index contributed by atoms with van der Waals surface area (Å²) in [5, 5.41) is 18.7. The fourth-order valence-corrected chi connectivity index (χ4v) is 2.76. The van der Waals surface area contributed by atoms with Gasteiger partial charge in [-0.25, -0.2) is 9.97 Å². The van der Waals surface area contributed by atoms with Crippen molar-refractivity contribution in [3.8, 4) is 11.4 Å². The quantitative estimate of drug-likeness (QED) is 0.540. The van der Waals surface area contributed by atoms with Crippen LogP contribution in [0.15, 0.2) is 36.5 Å². The molecule has 1 N–H and O–H groups in total. The Labute approximate surface area is 151 Å². The summed E-state index contributed by atoms with van der Waals surface area (Å²) in [4.78, 5) is 19.5. The Morgan fingerprint density at radius 2 is 2.08 bits per heavy atom. The van der Waals surface area contributed by atoms with Crippen LogP contribution in [0, 0.1) is 17.0 Å². The maximum atomic E-state index is 11.0. The Morgan fingerprint density at radius 1 is 1.27 bits per heavy atom. The lowest BCUT2D eigenvalue weighted by Gasteiger charge is -2.09. The molecule has 1 aromatic carbocycles. The van der Waals surface area contributed by atoms with E-state index in [0.717, 1.165) is 23.4 Å². The summed E-state index contributed by atoms with van der Waals surface area (Å²) in [6.45, 7) is 4.54. The number of aromatic nitrogens is 4. The highest BCUT2D eigenvalue weighted by atomic mass is 16.6. The summed E-state index contributed by atoms with van der Waals surface area (Å²) in [5.41, 5.74) is 3.57. The standard InChI is InChI=1S/C18H20N6O2/c1-4-16-14(11-23(3)22-16)10-19-17-8-12(2)20-18(21-17)13-6-5-7-15(9-13)24(25)26/h5-9,11H,4,10H2,1-3H3,(H,19,20,21). The van der Waals surface area contributed by atoms with E-state index in [9.17, 15) is 10.1 Å². The number of nitro groups is 1. The van der Waals surface area contributed by atoms with E-state index in [-0.39, 0.29) is 5.69 Å². The van der Waals surface area contributed by atoms with Gasteiger partial charge in [-0.15, -0.1) is 0 Å². The predicted octanol–water partition coefficient (Wildman–Crippen LogP) is 3.27. The molecule has 0 radical (unpaired) electrons. The van der Waals surface area contributed by atoms with E-state index in [1.54, 1.807) is 16.8 Å². The van der Waals surface area contributed by atoms with Crippen molar-refractivity contribution in [1.29, 1.82) is 0 Å². The molecule has 2 aromatic heterocycles. The summed E-state index contributed by atoms with van der Waals surface area (Å²) in [6.07, 6.45) is 2.85. The number of rotatable bonds is 6. The molecule has 3 rings (SSSR count). The molecule has 0 saturated heterocycles. The molecule has 0 aliphatic carbocycles. The van der Waals surface area contributed by atoms with E-state index in [1.165, 1.54) is 12.1 Å². The molecule has 8 nitrogen and oxygen atoms in total. The molecule has 0 aliphatic rings. The van der Waals surface area contributed by atoms with Crippen molar-refractivity contribution < 1.29 is 4.92 Å². The first-order chi connectivity index (χ1) is 12.5. The number of aryl methyl sites for hydroxylation is 3. The van der Waals surface area contributed by atoms with Crippen molar-refractivity contribution in [2.75, 3.05) is 5.32 Å². The minimum atomic E-state index is -0.423. The molecule has 0 aliphatic heterocycles. The van der Waals surface area contributed by atoms with Gasteiger partial charge in [0.25, 0.3) is 5.69 Å². The van der Waals surface area contributed by atoms with Gasteiger partial charge in [0.2, 0.25) is 0 Å². The molecule has 8 heteroatoms. The second-order valence-corrected chi connectivity index (χ2v) is 6.01. The number of non-ortho nitro benzene ring substituents is 1. The van der Waals surface area contributed by atoms with Crippen LogP contribution in [0.3, 0.4) is 0 Å². The van der Waals surface area contributed by atoms with E-state index in [2.05, 4.69) is 27.3 Å². The number of nitrogens with zero attached hydrogens (tertiary/aromatic N) is 5. The second-order valence-electron chi connectivity index (χ2n) is 6.01. The van der Waals surface area contributed by atoms with E-state index >= 15 is 0 Å². The average molecular weight is 352 g/mol. The Bertz CT molecular complexity index is 951. The molecule has 134 valence electrons. The molecule has 0 amide bonds. The first-order valence-electron chi connectivity index (χ1n) is 8.32. The minimum absolute atomic E-state index is 0.0186. The lowest BCUT2D eigenvalue weighted by atomic mass is 10.2. The third kappa shape index (κ3) is 3.85. The van der Waals surface area contributed by atoms with Crippen molar-refractivity contribution in [1.82, 2.24) is 19.7 Å². The summed E-state index contributed by atoms with van der Waals surface area (Å²) < 4.78 is 1.80. The molecular formula is C18H20N6O2. The molecule has 0 bridgehead atoms. The van der Waals surface area contributed by atoms with E-state index in [4.69, 9.17) is 0 Å². The Kier molecular flexibility index (Phi) is 4.92. The molecule has 0 fully saturated rings. The number of nitro benzene ring substituents is 1. The summed E-state index contributed by atoms with van der Waals surface area (Å²) >= 11 is 0. The highest BCUT2D eigenvalue weighted by Gasteiger charge is 2.11. The van der Waals surface area contributed by atoms with Crippen molar-refractivity contribution in [3.05, 3.63) is 63.6 Å². The molecule has 3 aromatic rings. The lowest BCUT2D eigenvalue weighted by molar-refractivity contribution is -0.384. The van der Waals surface area contributed by atoms with Crippen LogP contribution in [-0.4, -0.2) is 24.7 Å². The Morgan fingerprint density at radius 3 is 2.81 bits per heavy atom. The monoisotopic (exact) mass is 352 g/mol. The number of hydrogen-bond donors (Lipinski definition) is 1. The fraction of sp³-hybridized carbons (Fsp3) is 0.278. The molecule has 26 heavy (non-hydrogen) atoms. The van der Waals surface area contributed by atoms with Crippen LogP contribution in [-0.2, 0) is 20.0 Å². The SMILES string of the molecule is CCc1nn(C)cc1CNc1cc(C)nc(-c2cccc([N+](=O)[O-])c2)n1. The zero-order valence-electron chi connectivity index (χ0n) is 14.9. The smallest absolute Gasteiger partial charge is 0.270 e. The first kappa shape index (κ1) is 17.5. The maximum absolute atomic E-state index is 11.0. The Hall–Kier alpha value is -3.29. The normalized spacial score (nSPS) is 10.7.